The maximum absolute atomic E-state index is 12.2. The van der Waals surface area contributed by atoms with Crippen LogP contribution in [0.25, 0.3) is 0 Å². The lowest BCUT2D eigenvalue weighted by Crippen LogP contribution is -2.45. The predicted molar refractivity (Wildman–Crippen MR) is 76.4 cm³/mol. The van der Waals surface area contributed by atoms with Gasteiger partial charge in [-0.05, 0) is 24.7 Å². The van der Waals surface area contributed by atoms with Crippen LogP contribution in [0.2, 0.25) is 0 Å². The molecule has 1 saturated heterocycles. The fourth-order valence-electron chi connectivity index (χ4n) is 3.51. The molecule has 2 rings (SSSR count). The summed E-state index contributed by atoms with van der Waals surface area (Å²) in [4.78, 5) is 25.0. The second kappa shape index (κ2) is 6.46. The van der Waals surface area contributed by atoms with Gasteiger partial charge in [0.1, 0.15) is 0 Å². The number of carbonyl (C=O) groups excluding carboxylic acids is 1. The van der Waals surface area contributed by atoms with E-state index in [0.717, 1.165) is 18.8 Å². The van der Waals surface area contributed by atoms with E-state index in [2.05, 4.69) is 12.2 Å². The molecule has 5 heteroatoms. The van der Waals surface area contributed by atoms with Gasteiger partial charge in [-0.2, -0.15) is 0 Å². The molecule has 2 amide bonds. The average molecular weight is 282 g/mol. The summed E-state index contributed by atoms with van der Waals surface area (Å²) >= 11 is 0. The second-order valence-corrected chi connectivity index (χ2v) is 6.41. The lowest BCUT2D eigenvalue weighted by molar-refractivity contribution is -0.142. The van der Waals surface area contributed by atoms with Crippen molar-refractivity contribution in [3.8, 4) is 0 Å². The van der Waals surface area contributed by atoms with Crippen LogP contribution in [0.5, 0.6) is 0 Å². The quantitative estimate of drug-likeness (QED) is 0.834. The number of rotatable bonds is 3. The van der Waals surface area contributed by atoms with Crippen molar-refractivity contribution in [2.75, 3.05) is 13.1 Å². The van der Waals surface area contributed by atoms with Crippen LogP contribution in [-0.2, 0) is 4.79 Å². The number of hydrogen-bond acceptors (Lipinski definition) is 2. The molecule has 5 nitrogen and oxygen atoms in total. The topological polar surface area (TPSA) is 69.6 Å². The molecule has 2 N–H and O–H groups in total. The maximum Gasteiger partial charge on any atom is 0.317 e. The minimum absolute atomic E-state index is 0.0352. The molecule has 1 saturated carbocycles. The zero-order valence-electron chi connectivity index (χ0n) is 12.5. The van der Waals surface area contributed by atoms with Crippen LogP contribution >= 0.6 is 0 Å². The van der Waals surface area contributed by atoms with E-state index in [1.54, 1.807) is 4.90 Å². The summed E-state index contributed by atoms with van der Waals surface area (Å²) in [7, 11) is 0. The molecule has 1 aliphatic heterocycles. The molecule has 0 aromatic carbocycles. The molecule has 2 fully saturated rings. The number of nitrogens with one attached hydrogen (secondary N) is 1. The highest BCUT2D eigenvalue weighted by Gasteiger charge is 2.37. The van der Waals surface area contributed by atoms with Gasteiger partial charge in [-0.3, -0.25) is 4.79 Å². The molecule has 0 aromatic rings. The number of carboxylic acids is 1. The van der Waals surface area contributed by atoms with Gasteiger partial charge in [0.05, 0.1) is 5.92 Å². The summed E-state index contributed by atoms with van der Waals surface area (Å²) in [6.45, 7) is 4.99. The van der Waals surface area contributed by atoms with Crippen LogP contribution in [0, 0.1) is 17.8 Å². The van der Waals surface area contributed by atoms with E-state index in [9.17, 15) is 9.59 Å². The van der Waals surface area contributed by atoms with E-state index in [0.29, 0.717) is 13.1 Å². The normalized spacial score (nSPS) is 34.0. The Bertz CT molecular complexity index is 372. The van der Waals surface area contributed by atoms with Gasteiger partial charge in [-0.1, -0.05) is 33.1 Å². The van der Waals surface area contributed by atoms with Crippen molar-refractivity contribution < 1.29 is 14.7 Å². The first-order chi connectivity index (χ1) is 9.51. The van der Waals surface area contributed by atoms with Crippen LogP contribution in [0.3, 0.4) is 0 Å². The molecule has 20 heavy (non-hydrogen) atoms. The van der Waals surface area contributed by atoms with Crippen molar-refractivity contribution in [1.82, 2.24) is 10.2 Å². The Hall–Kier alpha value is -1.26. The van der Waals surface area contributed by atoms with Gasteiger partial charge < -0.3 is 15.3 Å². The summed E-state index contributed by atoms with van der Waals surface area (Å²) in [6.07, 6.45) is 5.73. The third-order valence-electron chi connectivity index (χ3n) is 4.90. The van der Waals surface area contributed by atoms with Gasteiger partial charge >= 0.3 is 12.0 Å². The Labute approximate surface area is 120 Å². The highest BCUT2D eigenvalue weighted by Crippen LogP contribution is 2.27. The third kappa shape index (κ3) is 3.44. The standard InChI is InChI=1S/C15H26N2O3/c1-3-11-5-4-6-12(7-11)16-15(20)17-8-10(2)13(9-17)14(18)19/h10-13H,3-9H2,1-2H3,(H,16,20)(H,18,19)/t10-,11?,12?,13-/m1/s1. The minimum atomic E-state index is -0.795. The van der Waals surface area contributed by atoms with Gasteiger partial charge in [0.25, 0.3) is 0 Å². The van der Waals surface area contributed by atoms with Crippen molar-refractivity contribution in [2.24, 2.45) is 17.8 Å². The number of hydrogen-bond donors (Lipinski definition) is 2. The van der Waals surface area contributed by atoms with Gasteiger partial charge in [0.15, 0.2) is 0 Å². The molecule has 0 radical (unpaired) electrons. The smallest absolute Gasteiger partial charge is 0.317 e. The molecule has 2 unspecified atom stereocenters. The summed E-state index contributed by atoms with van der Waals surface area (Å²) in [6, 6.07) is 0.183. The lowest BCUT2D eigenvalue weighted by Gasteiger charge is -2.30. The van der Waals surface area contributed by atoms with Gasteiger partial charge in [-0.15, -0.1) is 0 Å². The molecule has 1 heterocycles. The number of carboxylic acid groups (broad SMARTS) is 1. The SMILES string of the molecule is CCC1CCCC(NC(=O)N2C[C@@H](C)[C@H](C(=O)O)C2)C1. The molecule has 1 aliphatic carbocycles. The second-order valence-electron chi connectivity index (χ2n) is 6.41. The molecule has 114 valence electrons. The Balaban J connectivity index is 1.85. The number of carbonyl (C=O) groups is 2. The highest BCUT2D eigenvalue weighted by molar-refractivity contribution is 5.77. The van der Waals surface area contributed by atoms with E-state index < -0.39 is 11.9 Å². The van der Waals surface area contributed by atoms with Crippen LogP contribution in [0.1, 0.15) is 46.0 Å². The van der Waals surface area contributed by atoms with Gasteiger partial charge in [0.2, 0.25) is 0 Å². The zero-order chi connectivity index (χ0) is 14.7. The summed E-state index contributed by atoms with van der Waals surface area (Å²) in [5.41, 5.74) is 0. The summed E-state index contributed by atoms with van der Waals surface area (Å²) in [5, 5.41) is 12.2. The molecular formula is C15H26N2O3. The van der Waals surface area contributed by atoms with Crippen molar-refractivity contribution in [2.45, 2.75) is 52.0 Å². The summed E-state index contributed by atoms with van der Waals surface area (Å²) in [5.74, 6) is -0.460. The third-order valence-corrected chi connectivity index (χ3v) is 4.90. The Morgan fingerprint density at radius 1 is 1.30 bits per heavy atom. The average Bonchev–Trinajstić information content (AvgIpc) is 2.81. The number of likely N-dealkylation sites (tertiary alicyclic amines) is 1. The van der Waals surface area contributed by atoms with Gasteiger partial charge in [-0.25, -0.2) is 4.79 Å². The maximum atomic E-state index is 12.2. The number of aliphatic carboxylic acids is 1. The lowest BCUT2D eigenvalue weighted by atomic mass is 9.84. The predicted octanol–water partition coefficient (Wildman–Crippen LogP) is 2.32. The van der Waals surface area contributed by atoms with E-state index in [1.807, 2.05) is 6.92 Å². The van der Waals surface area contributed by atoms with Crippen molar-refractivity contribution in [3.05, 3.63) is 0 Å². The number of urea groups is 1. The molecule has 0 spiro atoms. The first-order valence-corrected chi connectivity index (χ1v) is 7.79. The molecule has 2 aliphatic rings. The van der Waals surface area contributed by atoms with Crippen LogP contribution in [-0.4, -0.2) is 41.1 Å². The Morgan fingerprint density at radius 3 is 2.65 bits per heavy atom. The van der Waals surface area contributed by atoms with Crippen LogP contribution < -0.4 is 5.32 Å². The first kappa shape index (κ1) is 15.1. The highest BCUT2D eigenvalue weighted by atomic mass is 16.4. The first-order valence-electron chi connectivity index (χ1n) is 7.79. The van der Waals surface area contributed by atoms with Crippen LogP contribution in [0.15, 0.2) is 0 Å². The van der Waals surface area contributed by atoms with E-state index in [1.165, 1.54) is 19.3 Å². The van der Waals surface area contributed by atoms with Gasteiger partial charge in [0, 0.05) is 19.1 Å². The molecule has 0 aromatic heterocycles. The van der Waals surface area contributed by atoms with Crippen molar-refractivity contribution >= 4 is 12.0 Å². The number of nitrogens with zero attached hydrogens (tertiary/aromatic N) is 1. The largest absolute Gasteiger partial charge is 0.481 e. The zero-order valence-corrected chi connectivity index (χ0v) is 12.5. The molecule has 0 bridgehead atoms. The molecular weight excluding hydrogens is 256 g/mol. The minimum Gasteiger partial charge on any atom is -0.481 e. The fourth-order valence-corrected chi connectivity index (χ4v) is 3.51. The Morgan fingerprint density at radius 2 is 2.05 bits per heavy atom. The molecule has 4 atom stereocenters. The van der Waals surface area contributed by atoms with Crippen LogP contribution in [0.4, 0.5) is 4.79 Å². The van der Waals surface area contributed by atoms with E-state index in [4.69, 9.17) is 5.11 Å². The number of amides is 2. The fraction of sp³-hybridized carbons (Fsp3) is 0.867. The van der Waals surface area contributed by atoms with E-state index >= 15 is 0 Å². The van der Waals surface area contributed by atoms with Crippen molar-refractivity contribution in [1.29, 1.82) is 0 Å². The summed E-state index contributed by atoms with van der Waals surface area (Å²) < 4.78 is 0. The van der Waals surface area contributed by atoms with Crippen molar-refractivity contribution in [3.63, 3.8) is 0 Å². The monoisotopic (exact) mass is 282 g/mol. The Kier molecular flexibility index (Phi) is 4.89. The van der Waals surface area contributed by atoms with E-state index in [-0.39, 0.29) is 18.0 Å².